The van der Waals surface area contributed by atoms with Gasteiger partial charge < -0.3 is 9.47 Å². The summed E-state index contributed by atoms with van der Waals surface area (Å²) in [5, 5.41) is 0. The Balaban J connectivity index is 2.58. The third kappa shape index (κ3) is 3.11. The van der Waals surface area contributed by atoms with Gasteiger partial charge >= 0.3 is 0 Å². The summed E-state index contributed by atoms with van der Waals surface area (Å²) in [6.07, 6.45) is 6.52. The van der Waals surface area contributed by atoms with Gasteiger partial charge in [-0.2, -0.15) is 0 Å². The highest BCUT2D eigenvalue weighted by Crippen LogP contribution is 2.03. The molecule has 0 aliphatic carbocycles. The molecule has 0 radical (unpaired) electrons. The maximum absolute atomic E-state index is 5.01. The van der Waals surface area contributed by atoms with Gasteiger partial charge in [-0.05, 0) is 13.0 Å². The number of rotatable bonds is 4. The molecular weight excluding hydrogens is 168 g/mol. The van der Waals surface area contributed by atoms with E-state index in [0.717, 1.165) is 5.69 Å². The van der Waals surface area contributed by atoms with Crippen molar-refractivity contribution in [2.75, 3.05) is 13.7 Å². The van der Waals surface area contributed by atoms with Gasteiger partial charge in [-0.3, -0.25) is 0 Å². The van der Waals surface area contributed by atoms with Crippen molar-refractivity contribution < 1.29 is 9.47 Å². The van der Waals surface area contributed by atoms with E-state index >= 15 is 0 Å². The first-order valence-corrected chi connectivity index (χ1v) is 4.01. The first kappa shape index (κ1) is 9.51. The van der Waals surface area contributed by atoms with E-state index in [4.69, 9.17) is 9.47 Å². The molecule has 0 spiro atoms. The number of nitrogens with zero attached hydrogens (tertiary/aromatic N) is 2. The van der Waals surface area contributed by atoms with Gasteiger partial charge in [-0.25, -0.2) is 9.97 Å². The predicted octanol–water partition coefficient (Wildman–Crippen LogP) is 1.49. The lowest BCUT2D eigenvalue weighted by Gasteiger charge is -1.97. The van der Waals surface area contributed by atoms with Gasteiger partial charge in [0.2, 0.25) is 5.88 Å². The molecule has 1 aromatic rings. The van der Waals surface area contributed by atoms with Crippen molar-refractivity contribution in [3.05, 3.63) is 24.3 Å². The van der Waals surface area contributed by atoms with Crippen molar-refractivity contribution in [1.82, 2.24) is 9.97 Å². The number of hydrogen-bond acceptors (Lipinski definition) is 4. The molecule has 1 rings (SSSR count). The molecule has 0 saturated carbocycles. The van der Waals surface area contributed by atoms with Crippen molar-refractivity contribution in [3.63, 3.8) is 0 Å². The Bertz CT molecular complexity index is 269. The van der Waals surface area contributed by atoms with Crippen molar-refractivity contribution >= 4 is 6.08 Å². The summed E-state index contributed by atoms with van der Waals surface area (Å²) in [6, 6.07) is 0. The monoisotopic (exact) mass is 180 g/mol. The lowest BCUT2D eigenvalue weighted by Crippen LogP contribution is -1.89. The molecule has 0 fully saturated rings. The van der Waals surface area contributed by atoms with E-state index in [2.05, 4.69) is 9.97 Å². The molecule has 0 amide bonds. The van der Waals surface area contributed by atoms with E-state index in [1.807, 2.05) is 6.92 Å². The number of aromatic nitrogens is 2. The number of ether oxygens (including phenoxy) is 2. The zero-order valence-corrected chi connectivity index (χ0v) is 7.73. The molecule has 70 valence electrons. The van der Waals surface area contributed by atoms with Crippen LogP contribution in [-0.4, -0.2) is 23.7 Å². The molecule has 0 saturated heterocycles. The van der Waals surface area contributed by atoms with E-state index < -0.39 is 0 Å². The Morgan fingerprint density at radius 2 is 2.23 bits per heavy atom. The summed E-state index contributed by atoms with van der Waals surface area (Å²) in [5.41, 5.74) is 0.745. The third-order valence-corrected chi connectivity index (χ3v) is 1.36. The minimum atomic E-state index is 0.508. The zero-order chi connectivity index (χ0) is 9.52. The molecule has 1 heterocycles. The van der Waals surface area contributed by atoms with Crippen LogP contribution in [0.1, 0.15) is 12.6 Å². The van der Waals surface area contributed by atoms with Crippen molar-refractivity contribution in [2.24, 2.45) is 0 Å². The summed E-state index contributed by atoms with van der Waals surface area (Å²) in [5.74, 6) is 0.508. The second-order valence-corrected chi connectivity index (χ2v) is 2.24. The third-order valence-electron chi connectivity index (χ3n) is 1.36. The van der Waals surface area contributed by atoms with Crippen LogP contribution >= 0.6 is 0 Å². The molecule has 1 aromatic heterocycles. The summed E-state index contributed by atoms with van der Waals surface area (Å²) >= 11 is 0. The van der Waals surface area contributed by atoms with Crippen LogP contribution < -0.4 is 4.74 Å². The highest BCUT2D eigenvalue weighted by atomic mass is 16.5. The van der Waals surface area contributed by atoms with Crippen LogP contribution in [0.5, 0.6) is 5.88 Å². The lowest BCUT2D eigenvalue weighted by atomic mass is 10.4. The van der Waals surface area contributed by atoms with E-state index in [0.29, 0.717) is 12.5 Å². The Labute approximate surface area is 77.2 Å². The average molecular weight is 180 g/mol. The molecule has 0 aliphatic rings. The zero-order valence-electron chi connectivity index (χ0n) is 7.73. The van der Waals surface area contributed by atoms with Gasteiger partial charge in [-0.1, -0.05) is 0 Å². The highest BCUT2D eigenvalue weighted by molar-refractivity contribution is 5.41. The predicted molar refractivity (Wildman–Crippen MR) is 49.2 cm³/mol. The van der Waals surface area contributed by atoms with Gasteiger partial charge in [0, 0.05) is 0 Å². The van der Waals surface area contributed by atoms with Gasteiger partial charge in [-0.15, -0.1) is 0 Å². The van der Waals surface area contributed by atoms with Crippen LogP contribution in [-0.2, 0) is 4.74 Å². The van der Waals surface area contributed by atoms with Crippen LogP contribution in [0.4, 0.5) is 0 Å². The largest absolute Gasteiger partial charge is 0.501 e. The van der Waals surface area contributed by atoms with Gasteiger partial charge in [0.15, 0.2) is 0 Å². The van der Waals surface area contributed by atoms with E-state index in [9.17, 15) is 0 Å². The molecular formula is C9H12N2O2. The molecule has 0 aliphatic heterocycles. The van der Waals surface area contributed by atoms with Crippen LogP contribution in [0.25, 0.3) is 6.08 Å². The van der Waals surface area contributed by atoms with Gasteiger partial charge in [0.25, 0.3) is 0 Å². The second kappa shape index (κ2) is 5.13. The Morgan fingerprint density at radius 1 is 1.38 bits per heavy atom. The van der Waals surface area contributed by atoms with Gasteiger partial charge in [0.05, 0.1) is 38.1 Å². The van der Waals surface area contributed by atoms with Crippen LogP contribution in [0.3, 0.4) is 0 Å². The van der Waals surface area contributed by atoms with E-state index in [-0.39, 0.29) is 0 Å². The maximum Gasteiger partial charge on any atom is 0.232 e. The smallest absolute Gasteiger partial charge is 0.232 e. The van der Waals surface area contributed by atoms with Crippen LogP contribution in [0.2, 0.25) is 0 Å². The fourth-order valence-electron chi connectivity index (χ4n) is 0.732. The summed E-state index contributed by atoms with van der Waals surface area (Å²) in [7, 11) is 1.56. The molecule has 0 atom stereocenters. The molecule has 0 N–H and O–H groups in total. The van der Waals surface area contributed by atoms with Crippen LogP contribution in [0.15, 0.2) is 18.7 Å². The number of methoxy groups -OCH3 is 1. The van der Waals surface area contributed by atoms with E-state index in [1.54, 1.807) is 31.8 Å². The average Bonchev–Trinajstić information content (AvgIpc) is 2.19. The maximum atomic E-state index is 5.01. The summed E-state index contributed by atoms with van der Waals surface area (Å²) in [4.78, 5) is 8.05. The first-order chi connectivity index (χ1) is 6.36. The standard InChI is InChI=1S/C9H12N2O2/c1-3-13-5-4-8-6-11-9(12-2)7-10-8/h4-7H,3H2,1-2H3. The SMILES string of the molecule is CCOC=Cc1cnc(OC)cn1. The molecule has 0 unspecified atom stereocenters. The molecule has 13 heavy (non-hydrogen) atoms. The quantitative estimate of drug-likeness (QED) is 0.658. The summed E-state index contributed by atoms with van der Waals surface area (Å²) < 4.78 is 9.88. The summed E-state index contributed by atoms with van der Waals surface area (Å²) in [6.45, 7) is 2.57. The Kier molecular flexibility index (Phi) is 3.75. The topological polar surface area (TPSA) is 44.2 Å². The van der Waals surface area contributed by atoms with Crippen molar-refractivity contribution in [3.8, 4) is 5.88 Å². The fraction of sp³-hybridized carbons (Fsp3) is 0.333. The minimum absolute atomic E-state index is 0.508. The highest BCUT2D eigenvalue weighted by Gasteiger charge is 1.92. The normalized spacial score (nSPS) is 10.3. The lowest BCUT2D eigenvalue weighted by molar-refractivity contribution is 0.272. The molecule has 4 heteroatoms. The van der Waals surface area contributed by atoms with Crippen LogP contribution in [0, 0.1) is 0 Å². The molecule has 0 aromatic carbocycles. The Hall–Kier alpha value is -1.58. The molecule has 4 nitrogen and oxygen atoms in total. The van der Waals surface area contributed by atoms with E-state index in [1.165, 1.54) is 0 Å². The van der Waals surface area contributed by atoms with Crippen molar-refractivity contribution in [1.29, 1.82) is 0 Å². The fourth-order valence-corrected chi connectivity index (χ4v) is 0.732. The minimum Gasteiger partial charge on any atom is -0.501 e. The molecule has 0 bridgehead atoms. The van der Waals surface area contributed by atoms with Crippen molar-refractivity contribution in [2.45, 2.75) is 6.92 Å². The number of hydrogen-bond donors (Lipinski definition) is 0. The van der Waals surface area contributed by atoms with Gasteiger partial charge in [0.1, 0.15) is 0 Å². The Morgan fingerprint density at radius 3 is 2.77 bits per heavy atom. The first-order valence-electron chi connectivity index (χ1n) is 4.01. The second-order valence-electron chi connectivity index (χ2n) is 2.24.